The Morgan fingerprint density at radius 1 is 1.09 bits per heavy atom. The highest BCUT2D eigenvalue weighted by Gasteiger charge is 2.23. The third-order valence-corrected chi connectivity index (χ3v) is 5.75. The molecule has 0 aliphatic carbocycles. The summed E-state index contributed by atoms with van der Waals surface area (Å²) in [6, 6.07) is 10.5. The van der Waals surface area contributed by atoms with Gasteiger partial charge < -0.3 is 4.74 Å². The summed E-state index contributed by atoms with van der Waals surface area (Å²) in [7, 11) is -3.71. The van der Waals surface area contributed by atoms with Crippen LogP contribution in [0.3, 0.4) is 0 Å². The lowest BCUT2D eigenvalue weighted by Gasteiger charge is -2.14. The first-order valence-corrected chi connectivity index (χ1v) is 8.81. The van der Waals surface area contributed by atoms with E-state index in [1.807, 2.05) is 19.9 Å². The monoisotopic (exact) mass is 330 g/mol. The number of aromatic nitrogens is 2. The van der Waals surface area contributed by atoms with Gasteiger partial charge in [-0.3, -0.25) is 0 Å². The molecule has 0 spiro atoms. The fraction of sp³-hybridized carbons (Fsp3) is 0.235. The Morgan fingerprint density at radius 3 is 2.57 bits per heavy atom. The van der Waals surface area contributed by atoms with Crippen molar-refractivity contribution >= 4 is 21.1 Å². The number of nitrogens with zero attached hydrogens (tertiary/aromatic N) is 2. The Hall–Kier alpha value is -2.34. The second-order valence-electron chi connectivity index (χ2n) is 5.28. The van der Waals surface area contributed by atoms with Crippen molar-refractivity contribution in [2.24, 2.45) is 0 Å². The number of imidazole rings is 1. The molecule has 6 heteroatoms. The minimum absolute atomic E-state index is 0.265. The SMILES string of the molecule is CCOc1ccc(S(=O)(=O)n2cnc3ccccc32)c(C)c1C. The highest BCUT2D eigenvalue weighted by Crippen LogP contribution is 2.29. The first-order valence-electron chi connectivity index (χ1n) is 7.37. The molecule has 0 saturated heterocycles. The van der Waals surface area contributed by atoms with Gasteiger partial charge in [0.2, 0.25) is 0 Å². The van der Waals surface area contributed by atoms with Gasteiger partial charge in [-0.05, 0) is 56.2 Å². The van der Waals surface area contributed by atoms with Crippen molar-refractivity contribution in [1.29, 1.82) is 0 Å². The highest BCUT2D eigenvalue weighted by atomic mass is 32.2. The Kier molecular flexibility index (Phi) is 3.85. The number of benzene rings is 2. The zero-order valence-electron chi connectivity index (χ0n) is 13.3. The maximum absolute atomic E-state index is 13.0. The second kappa shape index (κ2) is 5.70. The van der Waals surface area contributed by atoms with Crippen molar-refractivity contribution in [2.75, 3.05) is 6.61 Å². The maximum Gasteiger partial charge on any atom is 0.269 e. The van der Waals surface area contributed by atoms with Crippen LogP contribution in [0.2, 0.25) is 0 Å². The van der Waals surface area contributed by atoms with E-state index in [1.165, 1.54) is 10.3 Å². The summed E-state index contributed by atoms with van der Waals surface area (Å²) < 4.78 is 32.8. The zero-order chi connectivity index (χ0) is 16.6. The number of fused-ring (bicyclic) bond motifs is 1. The van der Waals surface area contributed by atoms with E-state index in [9.17, 15) is 8.42 Å². The quantitative estimate of drug-likeness (QED) is 0.736. The Labute approximate surface area is 135 Å². The molecule has 0 atom stereocenters. The minimum Gasteiger partial charge on any atom is -0.494 e. The van der Waals surface area contributed by atoms with Crippen molar-refractivity contribution in [2.45, 2.75) is 25.7 Å². The molecule has 0 radical (unpaired) electrons. The molecule has 0 unspecified atom stereocenters. The third-order valence-electron chi connectivity index (χ3n) is 3.95. The fourth-order valence-corrected chi connectivity index (χ4v) is 4.17. The topological polar surface area (TPSA) is 61.2 Å². The lowest BCUT2D eigenvalue weighted by molar-refractivity contribution is 0.337. The van der Waals surface area contributed by atoms with Crippen molar-refractivity contribution < 1.29 is 13.2 Å². The van der Waals surface area contributed by atoms with E-state index in [4.69, 9.17) is 4.74 Å². The van der Waals surface area contributed by atoms with Crippen LogP contribution in [0, 0.1) is 13.8 Å². The molecular formula is C17H18N2O3S. The zero-order valence-corrected chi connectivity index (χ0v) is 14.1. The minimum atomic E-state index is -3.71. The standard InChI is InChI=1S/C17H18N2O3S/c1-4-22-16-9-10-17(13(3)12(16)2)23(20,21)19-11-18-14-7-5-6-8-15(14)19/h5-11H,4H2,1-3H3. The highest BCUT2D eigenvalue weighted by molar-refractivity contribution is 7.90. The molecule has 1 aromatic heterocycles. The molecule has 1 heterocycles. The molecule has 0 aliphatic rings. The molecule has 3 rings (SSSR count). The number of hydrogen-bond donors (Lipinski definition) is 0. The van der Waals surface area contributed by atoms with Gasteiger partial charge in [0.15, 0.2) is 0 Å². The predicted octanol–water partition coefficient (Wildman–Crippen LogP) is 3.29. The summed E-state index contributed by atoms with van der Waals surface area (Å²) in [6.45, 7) is 6.10. The Balaban J connectivity index is 2.19. The van der Waals surface area contributed by atoms with Crippen LogP contribution in [-0.4, -0.2) is 24.0 Å². The summed E-state index contributed by atoms with van der Waals surface area (Å²) in [4.78, 5) is 4.43. The molecule has 5 nitrogen and oxygen atoms in total. The number of hydrogen-bond acceptors (Lipinski definition) is 4. The van der Waals surface area contributed by atoms with E-state index in [1.54, 1.807) is 37.3 Å². The van der Waals surface area contributed by atoms with E-state index in [-0.39, 0.29) is 4.90 Å². The molecule has 0 fully saturated rings. The van der Waals surface area contributed by atoms with E-state index in [2.05, 4.69) is 4.98 Å². The molecule has 23 heavy (non-hydrogen) atoms. The van der Waals surface area contributed by atoms with Gasteiger partial charge >= 0.3 is 0 Å². The number of para-hydroxylation sites is 2. The van der Waals surface area contributed by atoms with Crippen LogP contribution >= 0.6 is 0 Å². The Bertz CT molecular complexity index is 975. The van der Waals surface area contributed by atoms with Crippen molar-refractivity contribution in [1.82, 2.24) is 8.96 Å². The van der Waals surface area contributed by atoms with Crippen LogP contribution in [0.1, 0.15) is 18.1 Å². The van der Waals surface area contributed by atoms with Gasteiger partial charge in [0.05, 0.1) is 22.5 Å². The summed E-state index contributed by atoms with van der Waals surface area (Å²) >= 11 is 0. The average molecular weight is 330 g/mol. The first-order chi connectivity index (χ1) is 11.0. The summed E-state index contributed by atoms with van der Waals surface area (Å²) in [5.41, 5.74) is 2.74. The van der Waals surface area contributed by atoms with Crippen molar-refractivity contribution in [3.05, 3.63) is 53.9 Å². The van der Waals surface area contributed by atoms with Gasteiger partial charge in [-0.15, -0.1) is 0 Å². The van der Waals surface area contributed by atoms with E-state index >= 15 is 0 Å². The number of ether oxygens (including phenoxy) is 1. The summed E-state index contributed by atoms with van der Waals surface area (Å²) in [5.74, 6) is 0.708. The Morgan fingerprint density at radius 2 is 1.83 bits per heavy atom. The molecule has 0 bridgehead atoms. The lowest BCUT2D eigenvalue weighted by Crippen LogP contribution is -2.14. The molecule has 0 amide bonds. The van der Waals surface area contributed by atoms with Crippen LogP contribution in [-0.2, 0) is 10.0 Å². The lowest BCUT2D eigenvalue weighted by atomic mass is 10.1. The number of rotatable bonds is 4. The molecular weight excluding hydrogens is 312 g/mol. The molecule has 0 saturated carbocycles. The predicted molar refractivity (Wildman–Crippen MR) is 89.4 cm³/mol. The van der Waals surface area contributed by atoms with Gasteiger partial charge in [-0.2, -0.15) is 0 Å². The summed E-state index contributed by atoms with van der Waals surface area (Å²) in [6.07, 6.45) is 1.35. The van der Waals surface area contributed by atoms with Crippen molar-refractivity contribution in [3.63, 3.8) is 0 Å². The van der Waals surface area contributed by atoms with Gasteiger partial charge in [-0.1, -0.05) is 12.1 Å². The van der Waals surface area contributed by atoms with E-state index < -0.39 is 10.0 Å². The van der Waals surface area contributed by atoms with Crippen LogP contribution < -0.4 is 4.74 Å². The summed E-state index contributed by atoms with van der Waals surface area (Å²) in [5, 5.41) is 0. The van der Waals surface area contributed by atoms with Crippen LogP contribution in [0.5, 0.6) is 5.75 Å². The molecule has 2 aromatic carbocycles. The van der Waals surface area contributed by atoms with Crippen molar-refractivity contribution in [3.8, 4) is 5.75 Å². The van der Waals surface area contributed by atoms with Crippen LogP contribution in [0.25, 0.3) is 11.0 Å². The first kappa shape index (κ1) is 15.6. The van der Waals surface area contributed by atoms with E-state index in [0.29, 0.717) is 29.0 Å². The van der Waals surface area contributed by atoms with Gasteiger partial charge in [-0.25, -0.2) is 17.4 Å². The fourth-order valence-electron chi connectivity index (χ4n) is 2.60. The molecule has 0 N–H and O–H groups in total. The second-order valence-corrected chi connectivity index (χ2v) is 7.06. The average Bonchev–Trinajstić information content (AvgIpc) is 2.96. The van der Waals surface area contributed by atoms with E-state index in [0.717, 1.165) is 5.56 Å². The maximum atomic E-state index is 13.0. The normalized spacial score (nSPS) is 11.8. The molecule has 0 aliphatic heterocycles. The molecule has 3 aromatic rings. The smallest absolute Gasteiger partial charge is 0.269 e. The van der Waals surface area contributed by atoms with Crippen LogP contribution in [0.4, 0.5) is 0 Å². The largest absolute Gasteiger partial charge is 0.494 e. The third kappa shape index (κ3) is 2.49. The van der Waals surface area contributed by atoms with Gasteiger partial charge in [0, 0.05) is 0 Å². The van der Waals surface area contributed by atoms with Gasteiger partial charge in [0.25, 0.3) is 10.0 Å². The molecule has 120 valence electrons. The van der Waals surface area contributed by atoms with Gasteiger partial charge in [0.1, 0.15) is 12.1 Å². The van der Waals surface area contributed by atoms with Crippen LogP contribution in [0.15, 0.2) is 47.6 Å².